The van der Waals surface area contributed by atoms with Crippen molar-refractivity contribution in [1.82, 2.24) is 10.6 Å². The van der Waals surface area contributed by atoms with E-state index in [0.29, 0.717) is 29.2 Å². The molecular formula is C16H17N3O3S. The second kappa shape index (κ2) is 8.09. The summed E-state index contributed by atoms with van der Waals surface area (Å²) >= 11 is 1.35. The number of hydrogen-bond donors (Lipinski definition) is 3. The van der Waals surface area contributed by atoms with Crippen molar-refractivity contribution in [2.24, 2.45) is 0 Å². The van der Waals surface area contributed by atoms with Gasteiger partial charge in [0.25, 0.3) is 11.8 Å². The lowest BCUT2D eigenvalue weighted by molar-refractivity contribution is -0.118. The Bertz CT molecular complexity index is 698. The molecule has 1 aromatic heterocycles. The smallest absolute Gasteiger partial charge is 0.265 e. The van der Waals surface area contributed by atoms with Crippen molar-refractivity contribution in [2.75, 3.05) is 18.4 Å². The molecule has 3 N–H and O–H groups in total. The van der Waals surface area contributed by atoms with Crippen molar-refractivity contribution in [3.05, 3.63) is 52.2 Å². The van der Waals surface area contributed by atoms with Gasteiger partial charge in [-0.25, -0.2) is 0 Å². The van der Waals surface area contributed by atoms with Gasteiger partial charge >= 0.3 is 0 Å². The fourth-order valence-electron chi connectivity index (χ4n) is 1.86. The summed E-state index contributed by atoms with van der Waals surface area (Å²) in [5.74, 6) is -0.608. The largest absolute Gasteiger partial charge is 0.355 e. The molecule has 0 saturated heterocycles. The average molecular weight is 331 g/mol. The van der Waals surface area contributed by atoms with Crippen molar-refractivity contribution in [3.8, 4) is 0 Å². The van der Waals surface area contributed by atoms with Crippen LogP contribution in [0.5, 0.6) is 0 Å². The fraction of sp³-hybridized carbons (Fsp3) is 0.188. The standard InChI is InChI=1S/C16H17N3O3S/c1-11(20)17-7-8-18-15(21)12-4-2-5-13(10-12)19-16(22)14-6-3-9-23-14/h2-6,9-10H,7-8H2,1H3,(H,17,20)(H,18,21)(H,19,22). The summed E-state index contributed by atoms with van der Waals surface area (Å²) in [6, 6.07) is 10.2. The molecule has 0 saturated carbocycles. The van der Waals surface area contributed by atoms with Crippen LogP contribution in [0.4, 0.5) is 5.69 Å². The molecule has 0 radical (unpaired) electrons. The van der Waals surface area contributed by atoms with Gasteiger partial charge in [-0.2, -0.15) is 0 Å². The zero-order valence-corrected chi connectivity index (χ0v) is 13.4. The molecule has 2 aromatic rings. The van der Waals surface area contributed by atoms with Crippen LogP contribution in [-0.4, -0.2) is 30.8 Å². The van der Waals surface area contributed by atoms with E-state index in [4.69, 9.17) is 0 Å². The minimum Gasteiger partial charge on any atom is -0.355 e. The van der Waals surface area contributed by atoms with E-state index in [1.165, 1.54) is 18.3 Å². The van der Waals surface area contributed by atoms with Crippen LogP contribution in [0.1, 0.15) is 27.0 Å². The van der Waals surface area contributed by atoms with Gasteiger partial charge in [0.2, 0.25) is 5.91 Å². The second-order valence-electron chi connectivity index (χ2n) is 4.75. The average Bonchev–Trinajstić information content (AvgIpc) is 3.06. The Hall–Kier alpha value is -2.67. The SMILES string of the molecule is CC(=O)NCCNC(=O)c1cccc(NC(=O)c2cccs2)c1. The maximum absolute atomic E-state index is 12.0. The third kappa shape index (κ3) is 5.23. The Kier molecular flexibility index (Phi) is 5.87. The highest BCUT2D eigenvalue weighted by Crippen LogP contribution is 2.14. The van der Waals surface area contributed by atoms with Crippen molar-refractivity contribution in [2.45, 2.75) is 6.92 Å². The number of carbonyl (C=O) groups excluding carboxylic acids is 3. The number of anilines is 1. The van der Waals surface area contributed by atoms with Gasteiger partial charge in [-0.1, -0.05) is 12.1 Å². The molecule has 120 valence electrons. The maximum atomic E-state index is 12.0. The molecule has 7 heteroatoms. The van der Waals surface area contributed by atoms with Crippen LogP contribution in [-0.2, 0) is 4.79 Å². The Balaban J connectivity index is 1.92. The van der Waals surface area contributed by atoms with Crippen LogP contribution in [0.3, 0.4) is 0 Å². The van der Waals surface area contributed by atoms with Crippen LogP contribution < -0.4 is 16.0 Å². The molecular weight excluding hydrogens is 314 g/mol. The number of hydrogen-bond acceptors (Lipinski definition) is 4. The van der Waals surface area contributed by atoms with Gasteiger partial charge < -0.3 is 16.0 Å². The van der Waals surface area contributed by atoms with Gasteiger partial charge in [-0.05, 0) is 29.6 Å². The lowest BCUT2D eigenvalue weighted by Gasteiger charge is -2.08. The quantitative estimate of drug-likeness (QED) is 0.706. The van der Waals surface area contributed by atoms with Gasteiger partial charge in [-0.15, -0.1) is 11.3 Å². The lowest BCUT2D eigenvalue weighted by atomic mass is 10.2. The molecule has 0 bridgehead atoms. The number of benzene rings is 1. The van der Waals surface area contributed by atoms with E-state index in [1.807, 2.05) is 5.38 Å². The molecule has 1 aromatic carbocycles. The number of nitrogens with one attached hydrogen (secondary N) is 3. The topological polar surface area (TPSA) is 87.3 Å². The van der Waals surface area contributed by atoms with Gasteiger partial charge in [0.15, 0.2) is 0 Å². The van der Waals surface area contributed by atoms with Crippen molar-refractivity contribution in [1.29, 1.82) is 0 Å². The third-order valence-corrected chi connectivity index (χ3v) is 3.78. The summed E-state index contributed by atoms with van der Waals surface area (Å²) < 4.78 is 0. The van der Waals surface area contributed by atoms with E-state index in [9.17, 15) is 14.4 Å². The minimum atomic E-state index is -0.262. The number of amides is 3. The molecule has 0 aliphatic rings. The summed E-state index contributed by atoms with van der Waals surface area (Å²) in [5.41, 5.74) is 0.995. The molecule has 0 aliphatic heterocycles. The normalized spacial score (nSPS) is 9.96. The molecule has 1 heterocycles. The highest BCUT2D eigenvalue weighted by Gasteiger charge is 2.09. The van der Waals surface area contributed by atoms with Crippen LogP contribution in [0, 0.1) is 0 Å². The molecule has 23 heavy (non-hydrogen) atoms. The first kappa shape index (κ1) is 16.7. The van der Waals surface area contributed by atoms with E-state index >= 15 is 0 Å². The van der Waals surface area contributed by atoms with Gasteiger partial charge in [-0.3, -0.25) is 14.4 Å². The van der Waals surface area contributed by atoms with E-state index in [0.717, 1.165) is 0 Å². The first-order valence-corrected chi connectivity index (χ1v) is 7.92. The predicted octanol–water partition coefficient (Wildman–Crippen LogP) is 1.87. The van der Waals surface area contributed by atoms with Gasteiger partial charge in [0.1, 0.15) is 0 Å². The summed E-state index contributed by atoms with van der Waals surface area (Å²) in [6.45, 7) is 2.13. The highest BCUT2D eigenvalue weighted by molar-refractivity contribution is 7.12. The number of thiophene rings is 1. The molecule has 0 unspecified atom stereocenters. The second-order valence-corrected chi connectivity index (χ2v) is 5.70. The first-order chi connectivity index (χ1) is 11.1. The molecule has 0 aliphatic carbocycles. The first-order valence-electron chi connectivity index (χ1n) is 7.04. The van der Waals surface area contributed by atoms with Gasteiger partial charge in [0.05, 0.1) is 4.88 Å². The third-order valence-electron chi connectivity index (χ3n) is 2.91. The Morgan fingerprint density at radius 1 is 1.00 bits per heavy atom. The van der Waals surface area contributed by atoms with E-state index in [1.54, 1.807) is 36.4 Å². The summed E-state index contributed by atoms with van der Waals surface area (Å²) in [5, 5.41) is 9.88. The van der Waals surface area contributed by atoms with Crippen LogP contribution in [0.2, 0.25) is 0 Å². The van der Waals surface area contributed by atoms with Crippen molar-refractivity contribution < 1.29 is 14.4 Å². The zero-order valence-electron chi connectivity index (χ0n) is 12.6. The van der Waals surface area contributed by atoms with Crippen LogP contribution in [0.15, 0.2) is 41.8 Å². The summed E-state index contributed by atoms with van der Waals surface area (Å²) in [4.78, 5) is 35.4. The summed E-state index contributed by atoms with van der Waals surface area (Å²) in [7, 11) is 0. The predicted molar refractivity (Wildman–Crippen MR) is 89.7 cm³/mol. The van der Waals surface area contributed by atoms with Crippen molar-refractivity contribution >= 4 is 34.7 Å². The highest BCUT2D eigenvalue weighted by atomic mass is 32.1. The molecule has 0 fully saturated rings. The Morgan fingerprint density at radius 2 is 1.78 bits per heavy atom. The molecule has 0 spiro atoms. The van der Waals surface area contributed by atoms with E-state index in [2.05, 4.69) is 16.0 Å². The zero-order chi connectivity index (χ0) is 16.7. The minimum absolute atomic E-state index is 0.141. The Labute approximate surface area is 137 Å². The van der Waals surface area contributed by atoms with E-state index < -0.39 is 0 Å². The van der Waals surface area contributed by atoms with Crippen LogP contribution >= 0.6 is 11.3 Å². The monoisotopic (exact) mass is 331 g/mol. The molecule has 3 amide bonds. The molecule has 2 rings (SSSR count). The number of rotatable bonds is 6. The van der Waals surface area contributed by atoms with Gasteiger partial charge in [0, 0.05) is 31.3 Å². The molecule has 6 nitrogen and oxygen atoms in total. The molecule has 0 atom stereocenters. The van der Waals surface area contributed by atoms with E-state index in [-0.39, 0.29) is 17.7 Å². The van der Waals surface area contributed by atoms with Crippen molar-refractivity contribution in [3.63, 3.8) is 0 Å². The summed E-state index contributed by atoms with van der Waals surface area (Å²) in [6.07, 6.45) is 0. The Morgan fingerprint density at radius 3 is 2.48 bits per heavy atom. The number of carbonyl (C=O) groups is 3. The fourth-order valence-corrected chi connectivity index (χ4v) is 2.47. The van der Waals surface area contributed by atoms with Crippen LogP contribution in [0.25, 0.3) is 0 Å². The maximum Gasteiger partial charge on any atom is 0.265 e. The lowest BCUT2D eigenvalue weighted by Crippen LogP contribution is -2.33.